The Bertz CT molecular complexity index is 664. The zero-order chi connectivity index (χ0) is 18.1. The summed E-state index contributed by atoms with van der Waals surface area (Å²) in [5, 5.41) is 27.9. The molecule has 0 radical (unpaired) electrons. The number of aromatic nitrogens is 2. The standard InChI is InChI=1S/C16H25N5O4/c1-3-13-15(21(24)25)16(19(2)18-13)17-11-6-12(7-11)20(9-14(22)23)8-10-4-5-10/h10-12,17H,3-9H2,1-2H3,(H,22,23). The van der Waals surface area contributed by atoms with Crippen LogP contribution in [0.25, 0.3) is 0 Å². The lowest BCUT2D eigenvalue weighted by Crippen LogP contribution is -2.52. The fourth-order valence-electron chi connectivity index (χ4n) is 3.51. The number of hydrogen-bond acceptors (Lipinski definition) is 6. The molecule has 2 N–H and O–H groups in total. The third-order valence-corrected chi connectivity index (χ3v) is 5.11. The first-order chi connectivity index (χ1) is 11.9. The van der Waals surface area contributed by atoms with Crippen molar-refractivity contribution in [2.45, 2.75) is 51.1 Å². The highest BCUT2D eigenvalue weighted by Crippen LogP contribution is 2.36. The highest BCUT2D eigenvalue weighted by atomic mass is 16.6. The number of anilines is 1. The third-order valence-electron chi connectivity index (χ3n) is 5.11. The largest absolute Gasteiger partial charge is 0.480 e. The number of carbonyl (C=O) groups is 1. The molecule has 2 aliphatic rings. The van der Waals surface area contributed by atoms with Gasteiger partial charge in [-0.05, 0) is 38.0 Å². The first kappa shape index (κ1) is 17.7. The molecular formula is C16H25N5O4. The van der Waals surface area contributed by atoms with Gasteiger partial charge in [0.25, 0.3) is 0 Å². The number of carboxylic acids is 1. The molecule has 2 aliphatic carbocycles. The molecule has 0 saturated heterocycles. The van der Waals surface area contributed by atoms with Crippen molar-refractivity contribution >= 4 is 17.5 Å². The van der Waals surface area contributed by atoms with Crippen LogP contribution in [-0.4, -0.2) is 55.9 Å². The van der Waals surface area contributed by atoms with Crippen molar-refractivity contribution in [3.63, 3.8) is 0 Å². The minimum atomic E-state index is -0.799. The van der Waals surface area contributed by atoms with Crippen molar-refractivity contribution in [2.75, 3.05) is 18.4 Å². The maximum absolute atomic E-state index is 11.4. The molecule has 3 rings (SSSR count). The lowest BCUT2D eigenvalue weighted by Gasteiger charge is -2.42. The first-order valence-corrected chi connectivity index (χ1v) is 8.81. The first-order valence-electron chi connectivity index (χ1n) is 8.81. The Kier molecular flexibility index (Phi) is 4.94. The van der Waals surface area contributed by atoms with E-state index >= 15 is 0 Å². The number of aliphatic carboxylic acids is 1. The molecule has 0 aliphatic heterocycles. The van der Waals surface area contributed by atoms with Gasteiger partial charge in [-0.3, -0.25) is 19.8 Å². The number of rotatable bonds is 9. The van der Waals surface area contributed by atoms with E-state index in [2.05, 4.69) is 10.4 Å². The summed E-state index contributed by atoms with van der Waals surface area (Å²) in [7, 11) is 1.70. The molecule has 1 aromatic heterocycles. The van der Waals surface area contributed by atoms with Crippen LogP contribution < -0.4 is 5.32 Å². The molecule has 138 valence electrons. The molecule has 0 aromatic carbocycles. The van der Waals surface area contributed by atoms with E-state index < -0.39 is 5.97 Å². The van der Waals surface area contributed by atoms with Crippen LogP contribution in [0.2, 0.25) is 0 Å². The van der Waals surface area contributed by atoms with Gasteiger partial charge in [0.15, 0.2) is 0 Å². The zero-order valence-electron chi connectivity index (χ0n) is 14.6. The summed E-state index contributed by atoms with van der Waals surface area (Å²) in [6.07, 6.45) is 4.47. The summed E-state index contributed by atoms with van der Waals surface area (Å²) >= 11 is 0. The predicted molar refractivity (Wildman–Crippen MR) is 91.6 cm³/mol. The lowest BCUT2D eigenvalue weighted by atomic mass is 9.85. The van der Waals surface area contributed by atoms with Crippen molar-refractivity contribution in [3.8, 4) is 0 Å². The average molecular weight is 351 g/mol. The molecule has 1 aromatic rings. The summed E-state index contributed by atoms with van der Waals surface area (Å²) < 4.78 is 1.53. The number of nitrogens with zero attached hydrogens (tertiary/aromatic N) is 4. The van der Waals surface area contributed by atoms with Gasteiger partial charge in [0, 0.05) is 25.7 Å². The van der Waals surface area contributed by atoms with E-state index in [0.717, 1.165) is 19.4 Å². The number of hydrogen-bond donors (Lipinski definition) is 2. The topological polar surface area (TPSA) is 114 Å². The molecule has 0 unspecified atom stereocenters. The van der Waals surface area contributed by atoms with Gasteiger partial charge in [-0.25, -0.2) is 4.68 Å². The van der Waals surface area contributed by atoms with Crippen LogP contribution in [0.1, 0.15) is 38.3 Å². The zero-order valence-corrected chi connectivity index (χ0v) is 14.6. The summed E-state index contributed by atoms with van der Waals surface area (Å²) in [6.45, 7) is 2.76. The normalized spacial score (nSPS) is 22.7. The predicted octanol–water partition coefficient (Wildman–Crippen LogP) is 1.63. The van der Waals surface area contributed by atoms with Gasteiger partial charge >= 0.3 is 11.7 Å². The van der Waals surface area contributed by atoms with Crippen LogP contribution in [0.4, 0.5) is 11.5 Å². The van der Waals surface area contributed by atoms with Crippen LogP contribution in [0.5, 0.6) is 0 Å². The molecular weight excluding hydrogens is 326 g/mol. The monoisotopic (exact) mass is 351 g/mol. The molecule has 0 amide bonds. The van der Waals surface area contributed by atoms with E-state index in [1.807, 2.05) is 11.8 Å². The number of nitro groups is 1. The SMILES string of the molecule is CCc1nn(C)c(NC2CC(N(CC(=O)O)CC3CC3)C2)c1[N+](=O)[O-]. The Morgan fingerprint density at radius 1 is 1.48 bits per heavy atom. The molecule has 1 heterocycles. The van der Waals surface area contributed by atoms with Crippen LogP contribution in [0.3, 0.4) is 0 Å². The van der Waals surface area contributed by atoms with Crippen LogP contribution in [0.15, 0.2) is 0 Å². The highest BCUT2D eigenvalue weighted by Gasteiger charge is 2.38. The fourth-order valence-corrected chi connectivity index (χ4v) is 3.51. The quantitative estimate of drug-likeness (QED) is 0.513. The van der Waals surface area contributed by atoms with E-state index in [0.29, 0.717) is 23.9 Å². The summed E-state index contributed by atoms with van der Waals surface area (Å²) in [5.74, 6) is 0.279. The van der Waals surface area contributed by atoms with Gasteiger partial charge in [0.2, 0.25) is 5.82 Å². The van der Waals surface area contributed by atoms with Gasteiger partial charge in [0.05, 0.1) is 11.5 Å². The molecule has 25 heavy (non-hydrogen) atoms. The summed E-state index contributed by atoms with van der Waals surface area (Å²) in [6, 6.07) is 0.339. The van der Waals surface area contributed by atoms with E-state index in [1.165, 1.54) is 17.5 Å². The second-order valence-electron chi connectivity index (χ2n) is 7.11. The number of carboxylic acid groups (broad SMARTS) is 1. The van der Waals surface area contributed by atoms with Crippen LogP contribution >= 0.6 is 0 Å². The highest BCUT2D eigenvalue weighted by molar-refractivity contribution is 5.69. The van der Waals surface area contributed by atoms with Crippen molar-refractivity contribution < 1.29 is 14.8 Å². The molecule has 9 nitrogen and oxygen atoms in total. The second kappa shape index (κ2) is 6.99. The van der Waals surface area contributed by atoms with Gasteiger partial charge in [-0.2, -0.15) is 5.10 Å². The van der Waals surface area contributed by atoms with Gasteiger partial charge < -0.3 is 10.4 Å². The van der Waals surface area contributed by atoms with Gasteiger partial charge in [-0.15, -0.1) is 0 Å². The summed E-state index contributed by atoms with van der Waals surface area (Å²) in [4.78, 5) is 24.1. The van der Waals surface area contributed by atoms with Gasteiger partial charge in [0.1, 0.15) is 5.69 Å². The van der Waals surface area contributed by atoms with Crippen LogP contribution in [0, 0.1) is 16.0 Å². The minimum Gasteiger partial charge on any atom is -0.480 e. The van der Waals surface area contributed by atoms with Crippen molar-refractivity contribution in [1.82, 2.24) is 14.7 Å². The third kappa shape index (κ3) is 3.92. The number of aryl methyl sites for hydroxylation is 2. The Morgan fingerprint density at radius 3 is 2.68 bits per heavy atom. The maximum atomic E-state index is 11.4. The Morgan fingerprint density at radius 2 is 2.16 bits per heavy atom. The van der Waals surface area contributed by atoms with E-state index in [4.69, 9.17) is 5.11 Å². The fraction of sp³-hybridized carbons (Fsp3) is 0.750. The van der Waals surface area contributed by atoms with E-state index in [9.17, 15) is 14.9 Å². The molecule has 9 heteroatoms. The minimum absolute atomic E-state index is 0.0498. The van der Waals surface area contributed by atoms with Crippen LogP contribution in [-0.2, 0) is 18.3 Å². The maximum Gasteiger partial charge on any atom is 0.333 e. The molecule has 2 saturated carbocycles. The lowest BCUT2D eigenvalue weighted by molar-refractivity contribution is -0.384. The number of nitrogens with one attached hydrogen (secondary N) is 1. The summed E-state index contributed by atoms with van der Waals surface area (Å²) in [5.41, 5.74) is 0.529. The van der Waals surface area contributed by atoms with E-state index in [1.54, 1.807) is 7.05 Å². The molecule has 2 fully saturated rings. The molecule has 0 spiro atoms. The van der Waals surface area contributed by atoms with E-state index in [-0.39, 0.29) is 29.2 Å². The Hall–Kier alpha value is -2.16. The second-order valence-corrected chi connectivity index (χ2v) is 7.11. The Balaban J connectivity index is 1.62. The molecule has 0 bridgehead atoms. The molecule has 0 atom stereocenters. The van der Waals surface area contributed by atoms with Crippen molar-refractivity contribution in [2.24, 2.45) is 13.0 Å². The van der Waals surface area contributed by atoms with Gasteiger partial charge in [-0.1, -0.05) is 6.92 Å². The Labute approximate surface area is 146 Å². The average Bonchev–Trinajstić information content (AvgIpc) is 3.23. The van der Waals surface area contributed by atoms with Crippen molar-refractivity contribution in [3.05, 3.63) is 15.8 Å². The smallest absolute Gasteiger partial charge is 0.333 e. The van der Waals surface area contributed by atoms with Crippen molar-refractivity contribution in [1.29, 1.82) is 0 Å².